The van der Waals surface area contributed by atoms with Gasteiger partial charge in [-0.05, 0) is 20.0 Å². The molecule has 0 bridgehead atoms. The molecule has 0 aliphatic heterocycles. The van der Waals surface area contributed by atoms with Crippen LogP contribution in [-0.4, -0.2) is 20.0 Å². The summed E-state index contributed by atoms with van der Waals surface area (Å²) in [5, 5.41) is 0. The SMILES string of the molecule is Br.C=C[CH2][Pd].CP(C)C. The van der Waals surface area contributed by atoms with Crippen LogP contribution in [0.4, 0.5) is 0 Å². The minimum absolute atomic E-state index is 0. The average Bonchev–Trinajstić information content (AvgIpc) is 1.65. The van der Waals surface area contributed by atoms with Crippen LogP contribution in [0.25, 0.3) is 0 Å². The van der Waals surface area contributed by atoms with Gasteiger partial charge in [-0.25, -0.2) is 0 Å². The van der Waals surface area contributed by atoms with Crippen molar-refractivity contribution in [2.75, 3.05) is 20.0 Å². The van der Waals surface area contributed by atoms with E-state index in [1.54, 1.807) is 0 Å². The van der Waals surface area contributed by atoms with E-state index in [1.165, 1.54) is 0 Å². The fourth-order valence-corrected chi connectivity index (χ4v) is 0. The summed E-state index contributed by atoms with van der Waals surface area (Å²) in [5.41, 5.74) is 0. The van der Waals surface area contributed by atoms with Crippen LogP contribution < -0.4 is 0 Å². The van der Waals surface area contributed by atoms with E-state index in [1.807, 2.05) is 6.08 Å². The van der Waals surface area contributed by atoms with Crippen molar-refractivity contribution >= 4 is 24.9 Å². The summed E-state index contributed by atoms with van der Waals surface area (Å²) in [7, 11) is 0.380. The average molecular weight is 304 g/mol. The van der Waals surface area contributed by atoms with Crippen LogP contribution in [0, 0.1) is 0 Å². The van der Waals surface area contributed by atoms with Gasteiger partial charge in [0.15, 0.2) is 0 Å². The number of allylic oxidation sites excluding steroid dienone is 1. The van der Waals surface area contributed by atoms with Gasteiger partial charge in [-0.3, -0.25) is 0 Å². The Morgan fingerprint density at radius 3 is 1.56 bits per heavy atom. The Bertz CT molecular complexity index is 45.6. The minimum Gasteiger partial charge on any atom is -0.116 e. The van der Waals surface area contributed by atoms with Crippen molar-refractivity contribution in [2.45, 2.75) is 4.89 Å². The largest absolute Gasteiger partial charge is 0.116 e. The van der Waals surface area contributed by atoms with Crippen LogP contribution in [-0.2, 0) is 19.2 Å². The van der Waals surface area contributed by atoms with Crippen molar-refractivity contribution in [3.8, 4) is 0 Å². The molecule has 0 saturated carbocycles. The first-order valence-corrected chi connectivity index (χ1v) is 6.16. The molecule has 0 aromatic rings. The van der Waals surface area contributed by atoms with Crippen molar-refractivity contribution in [3.05, 3.63) is 12.7 Å². The Morgan fingerprint density at radius 1 is 1.44 bits per heavy atom. The van der Waals surface area contributed by atoms with E-state index in [0.717, 1.165) is 4.89 Å². The molecule has 0 aromatic carbocycles. The van der Waals surface area contributed by atoms with Gasteiger partial charge >= 0.3 is 36.8 Å². The van der Waals surface area contributed by atoms with Crippen molar-refractivity contribution in [1.29, 1.82) is 0 Å². The summed E-state index contributed by atoms with van der Waals surface area (Å²) in [6.45, 7) is 10.1. The zero-order valence-electron chi connectivity index (χ0n) is 6.16. The maximum Gasteiger partial charge on any atom is -0.0449 e. The Kier molecular flexibility index (Phi) is 30.0. The molecule has 9 heavy (non-hydrogen) atoms. The second-order valence-electron chi connectivity index (χ2n) is 1.76. The first kappa shape index (κ1) is 16.7. The molecule has 0 nitrogen and oxygen atoms in total. The molecule has 0 spiro atoms. The molecule has 3 heteroatoms. The van der Waals surface area contributed by atoms with Gasteiger partial charge < -0.3 is 0 Å². The van der Waals surface area contributed by atoms with E-state index in [0.29, 0.717) is 7.92 Å². The second-order valence-corrected chi connectivity index (χ2v) is 5.08. The van der Waals surface area contributed by atoms with Crippen LogP contribution >= 0.6 is 24.9 Å². The molecule has 0 unspecified atom stereocenters. The minimum atomic E-state index is 0. The maximum absolute atomic E-state index is 3.44. The van der Waals surface area contributed by atoms with Gasteiger partial charge in [0.05, 0.1) is 0 Å². The second kappa shape index (κ2) is 16.1. The number of hydrogen-bond acceptors (Lipinski definition) is 0. The van der Waals surface area contributed by atoms with Crippen LogP contribution in [0.2, 0.25) is 4.89 Å². The summed E-state index contributed by atoms with van der Waals surface area (Å²) in [5.74, 6) is 0. The van der Waals surface area contributed by atoms with Crippen molar-refractivity contribution in [2.24, 2.45) is 0 Å². The van der Waals surface area contributed by atoms with E-state index in [2.05, 4.69) is 45.8 Å². The van der Waals surface area contributed by atoms with Crippen LogP contribution in [0.3, 0.4) is 0 Å². The van der Waals surface area contributed by atoms with E-state index >= 15 is 0 Å². The van der Waals surface area contributed by atoms with Gasteiger partial charge in [-0.15, -0.1) is 24.9 Å². The zero-order valence-corrected chi connectivity index (χ0v) is 10.3. The van der Waals surface area contributed by atoms with E-state index in [-0.39, 0.29) is 17.0 Å². The van der Waals surface area contributed by atoms with Gasteiger partial charge in [0.1, 0.15) is 0 Å². The number of rotatable bonds is 1. The molecular formula is C6H15BrPPd. The third-order valence-electron chi connectivity index (χ3n) is 0.0913. The monoisotopic (exact) mass is 303 g/mol. The molecule has 61 valence electrons. The smallest absolute Gasteiger partial charge is 0.0449 e. The fourth-order valence-electron chi connectivity index (χ4n) is 0. The maximum atomic E-state index is 3.44. The summed E-state index contributed by atoms with van der Waals surface area (Å²) in [6, 6.07) is 0. The first-order chi connectivity index (χ1) is 3.65. The van der Waals surface area contributed by atoms with E-state index in [9.17, 15) is 0 Å². The molecule has 0 amide bonds. The third kappa shape index (κ3) is 93.1. The Hall–Kier alpha value is 1.31. The van der Waals surface area contributed by atoms with Gasteiger partial charge in [0.2, 0.25) is 0 Å². The fraction of sp³-hybridized carbons (Fsp3) is 0.667. The predicted octanol–water partition coefficient (Wildman–Crippen LogP) is 3.07. The van der Waals surface area contributed by atoms with Crippen LogP contribution in [0.5, 0.6) is 0 Å². The number of halogens is 1. The Labute approximate surface area is 81.4 Å². The van der Waals surface area contributed by atoms with Gasteiger partial charge in [-0.1, -0.05) is 0 Å². The first-order valence-electron chi connectivity index (χ1n) is 2.38. The molecule has 0 saturated heterocycles. The predicted molar refractivity (Wildman–Crippen MR) is 50.0 cm³/mol. The normalized spacial score (nSPS) is 6.89. The molecule has 0 atom stereocenters. The van der Waals surface area contributed by atoms with Crippen LogP contribution in [0.15, 0.2) is 12.7 Å². The molecular weight excluding hydrogens is 289 g/mol. The summed E-state index contributed by atoms with van der Waals surface area (Å²) in [4.78, 5) is 0.933. The van der Waals surface area contributed by atoms with Crippen molar-refractivity contribution in [1.82, 2.24) is 0 Å². The molecule has 0 N–H and O–H groups in total. The third-order valence-corrected chi connectivity index (χ3v) is 0.540. The van der Waals surface area contributed by atoms with Crippen molar-refractivity contribution < 1.29 is 19.2 Å². The number of hydrogen-bond donors (Lipinski definition) is 0. The molecule has 0 heterocycles. The molecule has 0 radical (unpaired) electrons. The molecule has 0 fully saturated rings. The topological polar surface area (TPSA) is 0 Å². The van der Waals surface area contributed by atoms with Gasteiger partial charge in [0.25, 0.3) is 0 Å². The molecule has 0 aliphatic rings. The Balaban J connectivity index is -0.0000000720. The molecule has 0 aliphatic carbocycles. The summed E-state index contributed by atoms with van der Waals surface area (Å²) >= 11 is 2.92. The Morgan fingerprint density at radius 2 is 1.56 bits per heavy atom. The zero-order chi connectivity index (χ0) is 6.99. The quantitative estimate of drug-likeness (QED) is 0.397. The molecule has 0 aromatic heterocycles. The van der Waals surface area contributed by atoms with E-state index in [4.69, 9.17) is 0 Å². The van der Waals surface area contributed by atoms with Crippen molar-refractivity contribution in [3.63, 3.8) is 0 Å². The van der Waals surface area contributed by atoms with Gasteiger partial charge in [0, 0.05) is 0 Å². The van der Waals surface area contributed by atoms with Crippen LogP contribution in [0.1, 0.15) is 0 Å². The molecule has 0 rings (SSSR count). The summed E-state index contributed by atoms with van der Waals surface area (Å²) < 4.78 is 0. The standard InChI is InChI=1S/C3H9P.C3H5.BrH.Pd/c1-4(2)3;1-3-2;;/h1-3H3;3H,1-2H2;1H;. The van der Waals surface area contributed by atoms with Gasteiger partial charge in [-0.2, -0.15) is 0 Å². The van der Waals surface area contributed by atoms with E-state index < -0.39 is 0 Å². The summed E-state index contributed by atoms with van der Waals surface area (Å²) in [6.07, 6.45) is 1.81.